The molecule has 0 aliphatic carbocycles. The molecule has 0 bridgehead atoms. The van der Waals surface area contributed by atoms with Crippen molar-refractivity contribution in [3.63, 3.8) is 0 Å². The summed E-state index contributed by atoms with van der Waals surface area (Å²) in [6.45, 7) is 11.6. The maximum absolute atomic E-state index is 13.7. The highest BCUT2D eigenvalue weighted by Crippen LogP contribution is 2.42. The van der Waals surface area contributed by atoms with Crippen molar-refractivity contribution in [2.24, 2.45) is 0 Å². The van der Waals surface area contributed by atoms with Crippen molar-refractivity contribution in [1.29, 1.82) is 0 Å². The Balaban J connectivity index is 2.36. The molecule has 9 nitrogen and oxygen atoms in total. The van der Waals surface area contributed by atoms with E-state index in [1.165, 1.54) is 32.4 Å². The second-order valence-electron chi connectivity index (χ2n) is 9.75. The topological polar surface area (TPSA) is 118 Å². The number of hydrogen-bond donors (Lipinski definition) is 3. The number of benzene rings is 1. The van der Waals surface area contributed by atoms with E-state index in [0.29, 0.717) is 24.3 Å². The Hall–Kier alpha value is -2.56. The Bertz CT molecular complexity index is 898. The van der Waals surface area contributed by atoms with Gasteiger partial charge in [0, 0.05) is 18.7 Å². The lowest BCUT2D eigenvalue weighted by molar-refractivity contribution is 0.0708. The number of nitrogens with zero attached hydrogens (tertiary/aromatic N) is 1. The molecule has 10 heteroatoms. The molecule has 0 unspecified atom stereocenters. The number of aliphatic hydroxyl groups is 1. The second kappa shape index (κ2) is 11.2. The maximum Gasteiger partial charge on any atom is 0.411 e. The molecule has 1 aliphatic rings. The van der Waals surface area contributed by atoms with Crippen LogP contribution in [0.3, 0.4) is 0 Å². The van der Waals surface area contributed by atoms with Gasteiger partial charge >= 0.3 is 6.09 Å². The summed E-state index contributed by atoms with van der Waals surface area (Å²) in [4.78, 5) is 38.2. The van der Waals surface area contributed by atoms with E-state index >= 15 is 0 Å². The molecule has 1 heterocycles. The fourth-order valence-electron chi connectivity index (χ4n) is 3.84. The van der Waals surface area contributed by atoms with Gasteiger partial charge in [-0.3, -0.25) is 10.1 Å². The van der Waals surface area contributed by atoms with E-state index in [4.69, 9.17) is 14.2 Å². The Morgan fingerprint density at radius 2 is 1.88 bits per heavy atom. The minimum absolute atomic E-state index is 0.0170. The number of β-amino-alcohol motifs (C(OH)–C–C–N with tert-alkyl or cyclic N) is 1. The van der Waals surface area contributed by atoms with Crippen LogP contribution in [0.25, 0.3) is 0 Å². The SMILES string of the molecule is C=CCOC(=O)Nc1cc(OC)c(OC)cc1C(=O)N1C[C@H](O)C[C@H]1CCC(C)(C)[Si](C)(C)O. The molecule has 0 saturated carbocycles. The summed E-state index contributed by atoms with van der Waals surface area (Å²) in [5.74, 6) is 0.328. The van der Waals surface area contributed by atoms with E-state index in [2.05, 4.69) is 11.9 Å². The minimum atomic E-state index is -2.41. The van der Waals surface area contributed by atoms with Gasteiger partial charge in [0.25, 0.3) is 5.91 Å². The average Bonchev–Trinajstić information content (AvgIpc) is 3.15. The van der Waals surface area contributed by atoms with Crippen LogP contribution in [-0.4, -0.2) is 74.6 Å². The molecule has 1 aromatic carbocycles. The van der Waals surface area contributed by atoms with Crippen molar-refractivity contribution in [1.82, 2.24) is 4.90 Å². The zero-order chi connectivity index (χ0) is 25.7. The predicted molar refractivity (Wildman–Crippen MR) is 133 cm³/mol. The van der Waals surface area contributed by atoms with Crippen molar-refractivity contribution in [2.75, 3.05) is 32.7 Å². The molecular formula is C24H38N2O7Si. The number of nitrogens with one attached hydrogen (secondary N) is 1. The molecule has 0 spiro atoms. The number of carbonyl (C=O) groups excluding carboxylic acids is 2. The average molecular weight is 495 g/mol. The molecule has 34 heavy (non-hydrogen) atoms. The number of amides is 2. The van der Waals surface area contributed by atoms with Crippen LogP contribution in [0.4, 0.5) is 10.5 Å². The van der Waals surface area contributed by atoms with Crippen LogP contribution >= 0.6 is 0 Å². The zero-order valence-electron chi connectivity index (χ0n) is 21.0. The molecule has 2 amide bonds. The van der Waals surface area contributed by atoms with Crippen LogP contribution in [0, 0.1) is 0 Å². The number of anilines is 1. The van der Waals surface area contributed by atoms with E-state index in [1.807, 2.05) is 26.9 Å². The molecule has 190 valence electrons. The predicted octanol–water partition coefficient (Wildman–Crippen LogP) is 3.77. The third-order valence-electron chi connectivity index (χ3n) is 6.74. The summed E-state index contributed by atoms with van der Waals surface area (Å²) in [6.07, 6.45) is 1.86. The number of rotatable bonds is 10. The van der Waals surface area contributed by atoms with Crippen LogP contribution in [0.2, 0.25) is 18.1 Å². The van der Waals surface area contributed by atoms with E-state index < -0.39 is 20.5 Å². The van der Waals surface area contributed by atoms with Crippen molar-refractivity contribution in [3.8, 4) is 11.5 Å². The Morgan fingerprint density at radius 1 is 1.26 bits per heavy atom. The summed E-state index contributed by atoms with van der Waals surface area (Å²) in [5.41, 5.74) is 0.407. The smallest absolute Gasteiger partial charge is 0.411 e. The largest absolute Gasteiger partial charge is 0.493 e. The summed E-state index contributed by atoms with van der Waals surface area (Å²) in [7, 11) is 0.506. The third-order valence-corrected chi connectivity index (χ3v) is 10.3. The fourth-order valence-corrected chi connectivity index (χ4v) is 4.60. The van der Waals surface area contributed by atoms with Crippen molar-refractivity contribution in [3.05, 3.63) is 30.4 Å². The number of ether oxygens (including phenoxy) is 3. The van der Waals surface area contributed by atoms with Gasteiger partial charge in [0.15, 0.2) is 19.8 Å². The van der Waals surface area contributed by atoms with Crippen LogP contribution in [0.15, 0.2) is 24.8 Å². The summed E-state index contributed by atoms with van der Waals surface area (Å²) < 4.78 is 15.7. The van der Waals surface area contributed by atoms with Gasteiger partial charge in [0.05, 0.1) is 31.6 Å². The van der Waals surface area contributed by atoms with E-state index in [0.717, 1.165) is 6.42 Å². The summed E-state index contributed by atoms with van der Waals surface area (Å²) in [6, 6.07) is 2.82. The molecule has 1 aliphatic heterocycles. The van der Waals surface area contributed by atoms with Crippen LogP contribution < -0.4 is 14.8 Å². The molecule has 3 N–H and O–H groups in total. The van der Waals surface area contributed by atoms with E-state index in [9.17, 15) is 19.5 Å². The first-order chi connectivity index (χ1) is 15.8. The molecule has 2 rings (SSSR count). The lowest BCUT2D eigenvalue weighted by Crippen LogP contribution is -2.41. The molecule has 1 aromatic rings. The van der Waals surface area contributed by atoms with Crippen molar-refractivity contribution >= 4 is 26.0 Å². The number of aliphatic hydroxyl groups excluding tert-OH is 1. The zero-order valence-corrected chi connectivity index (χ0v) is 22.0. The summed E-state index contributed by atoms with van der Waals surface area (Å²) in [5, 5.41) is 12.7. The Kier molecular flexibility index (Phi) is 9.15. The number of carbonyl (C=O) groups is 2. The third kappa shape index (κ3) is 6.52. The molecule has 0 aromatic heterocycles. The molecule has 0 radical (unpaired) electrons. The number of likely N-dealkylation sites (tertiary alicyclic amines) is 1. The second-order valence-corrected chi connectivity index (χ2v) is 14.2. The van der Waals surface area contributed by atoms with Crippen molar-refractivity contribution < 1.29 is 33.7 Å². The van der Waals surface area contributed by atoms with Crippen molar-refractivity contribution in [2.45, 2.75) is 63.4 Å². The summed E-state index contributed by atoms with van der Waals surface area (Å²) >= 11 is 0. The van der Waals surface area contributed by atoms with Gasteiger partial charge in [-0.15, -0.1) is 0 Å². The molecule has 1 fully saturated rings. The fraction of sp³-hybridized carbons (Fsp3) is 0.583. The van der Waals surface area contributed by atoms with Crippen LogP contribution in [0.5, 0.6) is 11.5 Å². The quantitative estimate of drug-likeness (QED) is 0.335. The highest BCUT2D eigenvalue weighted by molar-refractivity contribution is 6.72. The van der Waals surface area contributed by atoms with E-state index in [1.54, 1.807) is 4.90 Å². The molecule has 2 atom stereocenters. The molecule has 1 saturated heterocycles. The minimum Gasteiger partial charge on any atom is -0.493 e. The highest BCUT2D eigenvalue weighted by Gasteiger charge is 2.41. The first kappa shape index (κ1) is 27.7. The lowest BCUT2D eigenvalue weighted by Gasteiger charge is -2.37. The van der Waals surface area contributed by atoms with E-state index in [-0.39, 0.29) is 41.4 Å². The monoisotopic (exact) mass is 494 g/mol. The van der Waals surface area contributed by atoms with Gasteiger partial charge < -0.3 is 29.0 Å². The highest BCUT2D eigenvalue weighted by atomic mass is 28.4. The Morgan fingerprint density at radius 3 is 2.44 bits per heavy atom. The van der Waals surface area contributed by atoms with Gasteiger partial charge in [-0.1, -0.05) is 26.5 Å². The number of methoxy groups -OCH3 is 2. The Labute approximate surface area is 202 Å². The standard InChI is InChI=1S/C24H38N2O7Si/c1-8-11-33-23(29)25-19-14-21(32-5)20(31-4)13-18(19)22(28)26-15-17(27)12-16(26)9-10-24(2,3)34(6,7)30/h8,13-14,16-17,27,30H,1,9-12,15H2,2-7H3,(H,25,29)/t16-,17-/m1/s1. The van der Waals surface area contributed by atoms with Crippen LogP contribution in [-0.2, 0) is 4.74 Å². The first-order valence-electron chi connectivity index (χ1n) is 11.4. The lowest BCUT2D eigenvalue weighted by atomic mass is 9.99. The first-order valence-corrected chi connectivity index (χ1v) is 14.3. The van der Waals surface area contributed by atoms with Gasteiger partial charge in [0.1, 0.15) is 6.61 Å². The van der Waals surface area contributed by atoms with Crippen LogP contribution in [0.1, 0.15) is 43.5 Å². The maximum atomic E-state index is 13.7. The van der Waals surface area contributed by atoms with Gasteiger partial charge in [-0.25, -0.2) is 4.79 Å². The number of hydrogen-bond acceptors (Lipinski definition) is 7. The molecular weight excluding hydrogens is 456 g/mol. The van der Waals surface area contributed by atoms with Gasteiger partial charge in [0.2, 0.25) is 0 Å². The normalized spacial score (nSPS) is 18.4. The van der Waals surface area contributed by atoms with Gasteiger partial charge in [-0.2, -0.15) is 0 Å². The van der Waals surface area contributed by atoms with Gasteiger partial charge in [-0.05, 0) is 43.5 Å².